The predicted octanol–water partition coefficient (Wildman–Crippen LogP) is 6.66. The topological polar surface area (TPSA) is 88.1 Å². The second-order valence-electron chi connectivity index (χ2n) is 8.54. The molecule has 6 heteroatoms. The number of rotatable bonds is 7. The highest BCUT2D eigenvalue weighted by Crippen LogP contribution is 2.30. The van der Waals surface area contributed by atoms with Crippen LogP contribution in [0, 0.1) is 18.3 Å². The lowest BCUT2D eigenvalue weighted by atomic mass is 10.0. The van der Waals surface area contributed by atoms with Crippen LogP contribution in [0.1, 0.15) is 27.2 Å². The molecule has 0 aliphatic rings. The highest BCUT2D eigenvalue weighted by atomic mass is 16.5. The third kappa shape index (κ3) is 4.97. The number of hydrogen-bond acceptors (Lipinski definition) is 4. The molecule has 0 atom stereocenters. The maximum absolute atomic E-state index is 11.4. The Balaban J connectivity index is 1.35. The molecule has 37 heavy (non-hydrogen) atoms. The molecule has 0 saturated carbocycles. The summed E-state index contributed by atoms with van der Waals surface area (Å²) in [7, 11) is 0. The maximum atomic E-state index is 11.4. The average molecular weight is 486 g/mol. The van der Waals surface area contributed by atoms with Gasteiger partial charge in [0.05, 0.1) is 22.9 Å². The Morgan fingerprint density at radius 1 is 0.919 bits per heavy atom. The van der Waals surface area contributed by atoms with Crippen LogP contribution in [-0.2, 0) is 6.61 Å². The van der Waals surface area contributed by atoms with Crippen LogP contribution in [0.15, 0.2) is 103 Å². The molecule has 0 aliphatic carbocycles. The summed E-state index contributed by atoms with van der Waals surface area (Å²) in [4.78, 5) is 16.2. The largest absolute Gasteiger partial charge is 0.488 e. The Kier molecular flexibility index (Phi) is 6.52. The number of benzene rings is 3. The molecule has 6 nitrogen and oxygen atoms in total. The van der Waals surface area contributed by atoms with E-state index in [-0.39, 0.29) is 5.56 Å². The van der Waals surface area contributed by atoms with E-state index in [1.54, 1.807) is 23.8 Å². The van der Waals surface area contributed by atoms with Crippen molar-refractivity contribution in [2.24, 2.45) is 0 Å². The van der Waals surface area contributed by atoms with E-state index in [9.17, 15) is 9.90 Å². The Labute approximate surface area is 214 Å². The van der Waals surface area contributed by atoms with E-state index in [2.05, 4.69) is 6.07 Å². The molecule has 0 aliphatic heterocycles. The zero-order valence-electron chi connectivity index (χ0n) is 20.1. The van der Waals surface area contributed by atoms with Crippen LogP contribution in [0.25, 0.3) is 28.2 Å². The van der Waals surface area contributed by atoms with Gasteiger partial charge in [0.2, 0.25) is 0 Å². The fourth-order valence-corrected chi connectivity index (χ4v) is 4.19. The summed E-state index contributed by atoms with van der Waals surface area (Å²) in [6.07, 6.45) is 1.72. The number of aromatic nitrogens is 2. The molecule has 0 saturated heterocycles. The Morgan fingerprint density at radius 3 is 2.30 bits per heavy atom. The van der Waals surface area contributed by atoms with Crippen molar-refractivity contribution in [3.63, 3.8) is 0 Å². The summed E-state index contributed by atoms with van der Waals surface area (Å²) in [6, 6.07) is 32.8. The molecule has 0 fully saturated rings. The van der Waals surface area contributed by atoms with Crippen molar-refractivity contribution in [1.29, 1.82) is 5.26 Å². The molecule has 5 rings (SSSR count). The molecule has 0 bridgehead atoms. The van der Waals surface area contributed by atoms with Crippen LogP contribution in [-0.4, -0.2) is 20.6 Å². The van der Waals surface area contributed by atoms with Gasteiger partial charge in [-0.25, -0.2) is 9.78 Å². The van der Waals surface area contributed by atoms with Crippen LogP contribution < -0.4 is 4.74 Å². The number of pyridine rings is 1. The van der Waals surface area contributed by atoms with Crippen LogP contribution in [0.3, 0.4) is 0 Å². The number of aromatic carboxylic acids is 1. The lowest BCUT2D eigenvalue weighted by molar-refractivity contribution is 0.0696. The summed E-state index contributed by atoms with van der Waals surface area (Å²) in [5.41, 5.74) is 6.24. The standard InChI is InChI=1S/C31H23N3O3/c1-21-26(31(35)36)17-18-34(21)30-8-4-6-28(33-30)27-5-2-3-7-29(27)37-20-23-11-15-25(16-12-23)24-13-9-22(19-32)10-14-24/h2-18H,20H2,1H3,(H,35,36). The van der Waals surface area contributed by atoms with Crippen LogP contribution in [0.5, 0.6) is 5.75 Å². The van der Waals surface area contributed by atoms with E-state index in [1.807, 2.05) is 91.0 Å². The van der Waals surface area contributed by atoms with E-state index in [0.29, 0.717) is 29.4 Å². The zero-order chi connectivity index (χ0) is 25.8. The van der Waals surface area contributed by atoms with E-state index in [4.69, 9.17) is 15.0 Å². The first-order valence-corrected chi connectivity index (χ1v) is 11.7. The normalized spacial score (nSPS) is 10.6. The van der Waals surface area contributed by atoms with Crippen molar-refractivity contribution < 1.29 is 14.6 Å². The van der Waals surface area contributed by atoms with Gasteiger partial charge in [0.15, 0.2) is 0 Å². The van der Waals surface area contributed by atoms with Gasteiger partial charge in [0.25, 0.3) is 0 Å². The number of carbonyl (C=O) groups is 1. The first kappa shape index (κ1) is 23.6. The number of carboxylic acid groups (broad SMARTS) is 1. The van der Waals surface area contributed by atoms with Gasteiger partial charge in [-0.3, -0.25) is 0 Å². The second-order valence-corrected chi connectivity index (χ2v) is 8.54. The predicted molar refractivity (Wildman–Crippen MR) is 142 cm³/mol. The summed E-state index contributed by atoms with van der Waals surface area (Å²) >= 11 is 0. The molecule has 2 heterocycles. The summed E-state index contributed by atoms with van der Waals surface area (Å²) in [6.45, 7) is 2.16. The van der Waals surface area contributed by atoms with Gasteiger partial charge in [-0.05, 0) is 66.1 Å². The minimum absolute atomic E-state index is 0.251. The van der Waals surface area contributed by atoms with E-state index >= 15 is 0 Å². The van der Waals surface area contributed by atoms with Crippen molar-refractivity contribution >= 4 is 5.97 Å². The summed E-state index contributed by atoms with van der Waals surface area (Å²) in [5.74, 6) is 0.380. The highest BCUT2D eigenvalue weighted by Gasteiger charge is 2.14. The molecule has 1 N–H and O–H groups in total. The van der Waals surface area contributed by atoms with Gasteiger partial charge >= 0.3 is 5.97 Å². The van der Waals surface area contributed by atoms with E-state index < -0.39 is 5.97 Å². The molecule has 2 aromatic heterocycles. The monoisotopic (exact) mass is 485 g/mol. The number of hydrogen-bond donors (Lipinski definition) is 1. The van der Waals surface area contributed by atoms with Gasteiger partial charge in [-0.2, -0.15) is 5.26 Å². The van der Waals surface area contributed by atoms with Crippen molar-refractivity contribution in [3.8, 4) is 40.0 Å². The lowest BCUT2D eigenvalue weighted by Gasteiger charge is -2.13. The molecule has 0 unspecified atom stereocenters. The quantitative estimate of drug-likeness (QED) is 0.278. The highest BCUT2D eigenvalue weighted by molar-refractivity contribution is 5.89. The van der Waals surface area contributed by atoms with Crippen molar-refractivity contribution in [1.82, 2.24) is 9.55 Å². The lowest BCUT2D eigenvalue weighted by Crippen LogP contribution is -2.03. The van der Waals surface area contributed by atoms with Crippen LogP contribution in [0.4, 0.5) is 0 Å². The number of carboxylic acids is 1. The maximum Gasteiger partial charge on any atom is 0.337 e. The first-order chi connectivity index (χ1) is 18.0. The second kappa shape index (κ2) is 10.2. The first-order valence-electron chi connectivity index (χ1n) is 11.7. The van der Waals surface area contributed by atoms with Crippen LogP contribution in [0.2, 0.25) is 0 Å². The van der Waals surface area contributed by atoms with E-state index in [1.165, 1.54) is 0 Å². The fraction of sp³-hybridized carbons (Fsp3) is 0.0645. The van der Waals surface area contributed by atoms with Crippen molar-refractivity contribution in [2.45, 2.75) is 13.5 Å². The molecule has 0 spiro atoms. The molecule has 0 amide bonds. The van der Waals surface area contributed by atoms with Gasteiger partial charge in [-0.15, -0.1) is 0 Å². The molecule has 3 aromatic carbocycles. The third-order valence-electron chi connectivity index (χ3n) is 6.21. The number of nitriles is 1. The number of nitrogens with zero attached hydrogens (tertiary/aromatic N) is 3. The van der Waals surface area contributed by atoms with Gasteiger partial charge < -0.3 is 14.4 Å². The van der Waals surface area contributed by atoms with Crippen molar-refractivity contribution in [2.75, 3.05) is 0 Å². The molecule has 180 valence electrons. The molecule has 5 aromatic rings. The van der Waals surface area contributed by atoms with E-state index in [0.717, 1.165) is 27.9 Å². The number of para-hydroxylation sites is 1. The van der Waals surface area contributed by atoms with Crippen LogP contribution >= 0.6 is 0 Å². The molecular formula is C31H23N3O3. The third-order valence-corrected chi connectivity index (χ3v) is 6.21. The average Bonchev–Trinajstić information content (AvgIpc) is 3.34. The Hall–Kier alpha value is -5.15. The summed E-state index contributed by atoms with van der Waals surface area (Å²) < 4.78 is 7.97. The fourth-order valence-electron chi connectivity index (χ4n) is 4.19. The Morgan fingerprint density at radius 2 is 1.62 bits per heavy atom. The minimum Gasteiger partial charge on any atom is -0.488 e. The number of ether oxygens (including phenoxy) is 1. The van der Waals surface area contributed by atoms with Gasteiger partial charge in [0.1, 0.15) is 18.2 Å². The smallest absolute Gasteiger partial charge is 0.337 e. The Bertz CT molecular complexity index is 1610. The van der Waals surface area contributed by atoms with Gasteiger partial charge in [0, 0.05) is 17.5 Å². The molecular weight excluding hydrogens is 462 g/mol. The zero-order valence-corrected chi connectivity index (χ0v) is 20.1. The minimum atomic E-state index is -0.962. The molecule has 0 radical (unpaired) electrons. The van der Waals surface area contributed by atoms with Crippen molar-refractivity contribution in [3.05, 3.63) is 126 Å². The SMILES string of the molecule is Cc1c(C(=O)O)ccn1-c1cccc(-c2ccccc2OCc2ccc(-c3ccc(C#N)cc3)cc2)n1. The van der Waals surface area contributed by atoms with Gasteiger partial charge in [-0.1, -0.05) is 54.6 Å². The summed E-state index contributed by atoms with van der Waals surface area (Å²) in [5, 5.41) is 18.4.